The monoisotopic (exact) mass is 410 g/mol. The summed E-state index contributed by atoms with van der Waals surface area (Å²) in [5.74, 6) is 2.83. The number of aromatic nitrogens is 2. The van der Waals surface area contributed by atoms with Gasteiger partial charge in [0.1, 0.15) is 23.6 Å². The van der Waals surface area contributed by atoms with Crippen LogP contribution in [0.1, 0.15) is 5.56 Å². The molecule has 7 heteroatoms. The lowest BCUT2D eigenvalue weighted by molar-refractivity contribution is 0.249. The second kappa shape index (κ2) is 9.11. The van der Waals surface area contributed by atoms with E-state index in [1.807, 2.05) is 36.4 Å². The van der Waals surface area contributed by atoms with Crippen LogP contribution in [0.3, 0.4) is 0 Å². The van der Waals surface area contributed by atoms with Gasteiger partial charge in [-0.1, -0.05) is 35.9 Å². The molecule has 0 atom stereocenters. The molecule has 1 fully saturated rings. The number of para-hydroxylation sites is 1. The molecule has 0 bridgehead atoms. The maximum Gasteiger partial charge on any atom is 0.224 e. The number of anilines is 1. The molecule has 0 N–H and O–H groups in total. The molecule has 1 aliphatic rings. The van der Waals surface area contributed by atoms with Crippen LogP contribution < -0.4 is 14.4 Å². The largest absolute Gasteiger partial charge is 0.497 e. The zero-order valence-corrected chi connectivity index (χ0v) is 17.0. The molecule has 29 heavy (non-hydrogen) atoms. The molecule has 0 aliphatic carbocycles. The predicted octanol–water partition coefficient (Wildman–Crippen LogP) is 4.25. The first-order valence-corrected chi connectivity index (χ1v) is 9.94. The summed E-state index contributed by atoms with van der Waals surface area (Å²) in [6.45, 7) is 4.67. The summed E-state index contributed by atoms with van der Waals surface area (Å²) in [4.78, 5) is 13.3. The summed E-state index contributed by atoms with van der Waals surface area (Å²) in [6, 6.07) is 17.5. The Morgan fingerprint density at radius 2 is 1.72 bits per heavy atom. The molecule has 1 aromatic heterocycles. The van der Waals surface area contributed by atoms with Gasteiger partial charge in [0.2, 0.25) is 5.88 Å². The van der Waals surface area contributed by atoms with Crippen LogP contribution in [0.15, 0.2) is 60.9 Å². The SMILES string of the molecule is COc1ccc(CN2CCN(c3cc(Oc4ccccc4Cl)ncn3)CC2)cc1. The highest BCUT2D eigenvalue weighted by Gasteiger charge is 2.19. The number of piperazine rings is 1. The number of halogens is 1. The van der Waals surface area contributed by atoms with E-state index in [-0.39, 0.29) is 0 Å². The average molecular weight is 411 g/mol. The van der Waals surface area contributed by atoms with Crippen LogP contribution in [-0.2, 0) is 6.54 Å². The second-order valence-electron chi connectivity index (χ2n) is 6.86. The molecule has 1 saturated heterocycles. The van der Waals surface area contributed by atoms with Gasteiger partial charge >= 0.3 is 0 Å². The van der Waals surface area contributed by atoms with Crippen LogP contribution in [0.5, 0.6) is 17.4 Å². The molecule has 6 nitrogen and oxygen atoms in total. The highest BCUT2D eigenvalue weighted by molar-refractivity contribution is 6.32. The van der Waals surface area contributed by atoms with Gasteiger partial charge in [0.25, 0.3) is 0 Å². The van der Waals surface area contributed by atoms with Crippen molar-refractivity contribution in [3.05, 3.63) is 71.5 Å². The summed E-state index contributed by atoms with van der Waals surface area (Å²) in [5.41, 5.74) is 1.29. The van der Waals surface area contributed by atoms with Crippen LogP contribution in [-0.4, -0.2) is 48.2 Å². The molecule has 3 aromatic rings. The van der Waals surface area contributed by atoms with E-state index in [2.05, 4.69) is 31.9 Å². The Morgan fingerprint density at radius 1 is 0.966 bits per heavy atom. The molecular formula is C22H23ClN4O2. The van der Waals surface area contributed by atoms with Gasteiger partial charge in [-0.3, -0.25) is 4.90 Å². The third-order valence-electron chi connectivity index (χ3n) is 4.94. The summed E-state index contributed by atoms with van der Waals surface area (Å²) in [6.07, 6.45) is 1.53. The van der Waals surface area contributed by atoms with Crippen LogP contribution in [0.4, 0.5) is 5.82 Å². The fourth-order valence-electron chi connectivity index (χ4n) is 3.32. The Hall–Kier alpha value is -2.83. The van der Waals surface area contributed by atoms with E-state index in [1.165, 1.54) is 11.9 Å². The van der Waals surface area contributed by atoms with Gasteiger partial charge in [-0.2, -0.15) is 0 Å². The second-order valence-corrected chi connectivity index (χ2v) is 7.27. The van der Waals surface area contributed by atoms with Gasteiger partial charge in [0, 0.05) is 38.8 Å². The van der Waals surface area contributed by atoms with E-state index in [1.54, 1.807) is 13.2 Å². The van der Waals surface area contributed by atoms with Crippen molar-refractivity contribution in [1.82, 2.24) is 14.9 Å². The van der Waals surface area contributed by atoms with Gasteiger partial charge in [0.05, 0.1) is 12.1 Å². The van der Waals surface area contributed by atoms with Crippen molar-refractivity contribution in [2.45, 2.75) is 6.54 Å². The average Bonchev–Trinajstić information content (AvgIpc) is 2.77. The molecule has 0 unspecified atom stereocenters. The van der Waals surface area contributed by atoms with Gasteiger partial charge < -0.3 is 14.4 Å². The Kier molecular flexibility index (Phi) is 6.12. The smallest absolute Gasteiger partial charge is 0.224 e. The summed E-state index contributed by atoms with van der Waals surface area (Å²) < 4.78 is 11.1. The van der Waals surface area contributed by atoms with E-state index in [0.717, 1.165) is 44.3 Å². The summed E-state index contributed by atoms with van der Waals surface area (Å²) in [5, 5.41) is 0.555. The van der Waals surface area contributed by atoms with Crippen molar-refractivity contribution in [3.63, 3.8) is 0 Å². The van der Waals surface area contributed by atoms with E-state index < -0.39 is 0 Å². The summed E-state index contributed by atoms with van der Waals surface area (Å²) >= 11 is 6.17. The Balaban J connectivity index is 1.35. The molecule has 0 radical (unpaired) electrons. The lowest BCUT2D eigenvalue weighted by Gasteiger charge is -2.35. The topological polar surface area (TPSA) is 50.7 Å². The molecule has 4 rings (SSSR count). The number of hydrogen-bond donors (Lipinski definition) is 0. The van der Waals surface area contributed by atoms with Crippen molar-refractivity contribution in [1.29, 1.82) is 0 Å². The van der Waals surface area contributed by atoms with Crippen molar-refractivity contribution in [2.24, 2.45) is 0 Å². The molecule has 2 heterocycles. The molecule has 0 spiro atoms. The van der Waals surface area contributed by atoms with Crippen molar-refractivity contribution in [3.8, 4) is 17.4 Å². The van der Waals surface area contributed by atoms with Gasteiger partial charge in [-0.05, 0) is 29.8 Å². The van der Waals surface area contributed by atoms with Crippen LogP contribution in [0.2, 0.25) is 5.02 Å². The standard InChI is InChI=1S/C22H23ClN4O2/c1-28-18-8-6-17(7-9-18)15-26-10-12-27(13-11-26)21-14-22(25-16-24-21)29-20-5-3-2-4-19(20)23/h2-9,14,16H,10-13,15H2,1H3. The van der Waals surface area contributed by atoms with Crippen molar-refractivity contribution in [2.75, 3.05) is 38.2 Å². The van der Waals surface area contributed by atoms with Crippen molar-refractivity contribution < 1.29 is 9.47 Å². The normalized spacial score (nSPS) is 14.6. The van der Waals surface area contributed by atoms with E-state index in [4.69, 9.17) is 21.1 Å². The highest BCUT2D eigenvalue weighted by Crippen LogP contribution is 2.29. The number of nitrogens with zero attached hydrogens (tertiary/aromatic N) is 4. The third-order valence-corrected chi connectivity index (χ3v) is 5.25. The maximum atomic E-state index is 6.17. The number of benzene rings is 2. The van der Waals surface area contributed by atoms with Crippen LogP contribution in [0.25, 0.3) is 0 Å². The Labute approximate surface area is 175 Å². The van der Waals surface area contributed by atoms with E-state index in [0.29, 0.717) is 16.7 Å². The van der Waals surface area contributed by atoms with E-state index >= 15 is 0 Å². The number of rotatable bonds is 6. The fourth-order valence-corrected chi connectivity index (χ4v) is 3.50. The molecule has 0 saturated carbocycles. The number of hydrogen-bond acceptors (Lipinski definition) is 6. The fraction of sp³-hybridized carbons (Fsp3) is 0.273. The number of methoxy groups -OCH3 is 1. The first kappa shape index (κ1) is 19.5. The lowest BCUT2D eigenvalue weighted by Crippen LogP contribution is -2.46. The van der Waals surface area contributed by atoms with Gasteiger partial charge in [0.15, 0.2) is 0 Å². The predicted molar refractivity (Wildman–Crippen MR) is 114 cm³/mol. The third kappa shape index (κ3) is 4.96. The minimum absolute atomic E-state index is 0.490. The zero-order valence-electron chi connectivity index (χ0n) is 16.3. The molecule has 0 amide bonds. The van der Waals surface area contributed by atoms with Gasteiger partial charge in [-0.15, -0.1) is 0 Å². The minimum atomic E-state index is 0.490. The van der Waals surface area contributed by atoms with E-state index in [9.17, 15) is 0 Å². The first-order chi connectivity index (χ1) is 14.2. The molecule has 2 aromatic carbocycles. The first-order valence-electron chi connectivity index (χ1n) is 9.56. The maximum absolute atomic E-state index is 6.17. The Morgan fingerprint density at radius 3 is 2.45 bits per heavy atom. The Bertz CT molecular complexity index is 944. The summed E-state index contributed by atoms with van der Waals surface area (Å²) in [7, 11) is 1.69. The zero-order chi connectivity index (χ0) is 20.1. The van der Waals surface area contributed by atoms with Gasteiger partial charge in [-0.25, -0.2) is 9.97 Å². The minimum Gasteiger partial charge on any atom is -0.497 e. The van der Waals surface area contributed by atoms with Crippen LogP contribution >= 0.6 is 11.6 Å². The molecule has 1 aliphatic heterocycles. The highest BCUT2D eigenvalue weighted by atomic mass is 35.5. The van der Waals surface area contributed by atoms with Crippen molar-refractivity contribution >= 4 is 17.4 Å². The quantitative estimate of drug-likeness (QED) is 0.605. The number of ether oxygens (including phenoxy) is 2. The molecular weight excluding hydrogens is 388 g/mol. The van der Waals surface area contributed by atoms with Crippen LogP contribution in [0, 0.1) is 0 Å². The lowest BCUT2D eigenvalue weighted by atomic mass is 10.2. The molecule has 150 valence electrons.